The third-order valence-electron chi connectivity index (χ3n) is 3.73. The van der Waals surface area contributed by atoms with Crippen LogP contribution >= 0.6 is 0 Å². The van der Waals surface area contributed by atoms with Gasteiger partial charge in [0.05, 0.1) is 0 Å². The molecule has 0 aromatic carbocycles. The Balaban J connectivity index is 1.81. The summed E-state index contributed by atoms with van der Waals surface area (Å²) in [5, 5.41) is 9.79. The zero-order valence-electron chi connectivity index (χ0n) is 14.3. The first-order chi connectivity index (χ1) is 10.8. The van der Waals surface area contributed by atoms with Gasteiger partial charge in [-0.3, -0.25) is 9.89 Å². The van der Waals surface area contributed by atoms with Gasteiger partial charge < -0.3 is 15.0 Å². The van der Waals surface area contributed by atoms with E-state index in [1.165, 1.54) is 0 Å². The Morgan fingerprint density at radius 3 is 2.57 bits per heavy atom. The number of hydrogen-bond acceptors (Lipinski definition) is 4. The second kappa shape index (κ2) is 7.02. The van der Waals surface area contributed by atoms with E-state index in [9.17, 15) is 9.59 Å². The summed E-state index contributed by atoms with van der Waals surface area (Å²) < 4.78 is 5.25. The van der Waals surface area contributed by atoms with Gasteiger partial charge in [0.1, 0.15) is 11.3 Å². The Morgan fingerprint density at radius 2 is 2.04 bits per heavy atom. The number of nitrogens with zero attached hydrogens (tertiary/aromatic N) is 2. The summed E-state index contributed by atoms with van der Waals surface area (Å²) in [6.45, 7) is 8.73. The number of amides is 2. The van der Waals surface area contributed by atoms with E-state index in [0.29, 0.717) is 18.8 Å². The van der Waals surface area contributed by atoms with E-state index in [0.717, 1.165) is 25.0 Å². The van der Waals surface area contributed by atoms with Crippen molar-refractivity contribution < 1.29 is 14.3 Å². The molecule has 0 radical (unpaired) electrons. The van der Waals surface area contributed by atoms with E-state index < -0.39 is 11.7 Å². The fourth-order valence-electron chi connectivity index (χ4n) is 2.52. The maximum Gasteiger partial charge on any atom is 0.407 e. The number of carbonyl (C=O) groups excluding carboxylic acids is 2. The molecule has 1 aliphatic rings. The van der Waals surface area contributed by atoms with E-state index in [1.807, 2.05) is 27.7 Å². The molecule has 2 heterocycles. The lowest BCUT2D eigenvalue weighted by molar-refractivity contribution is 0.0473. The zero-order valence-corrected chi connectivity index (χ0v) is 14.3. The molecule has 0 atom stereocenters. The second-order valence-corrected chi connectivity index (χ2v) is 6.84. The molecule has 2 N–H and O–H groups in total. The molecule has 1 saturated heterocycles. The van der Waals surface area contributed by atoms with E-state index in [4.69, 9.17) is 4.74 Å². The minimum absolute atomic E-state index is 0.0410. The maximum absolute atomic E-state index is 12.4. The minimum atomic E-state index is -0.502. The fraction of sp³-hybridized carbons (Fsp3) is 0.688. The van der Waals surface area contributed by atoms with E-state index in [-0.39, 0.29) is 11.9 Å². The number of piperidine rings is 1. The largest absolute Gasteiger partial charge is 0.444 e. The average Bonchev–Trinajstić information content (AvgIpc) is 2.94. The van der Waals surface area contributed by atoms with Crippen LogP contribution in [0, 0.1) is 0 Å². The smallest absolute Gasteiger partial charge is 0.407 e. The first-order valence-corrected chi connectivity index (χ1v) is 8.11. The number of aromatic nitrogens is 2. The van der Waals surface area contributed by atoms with Crippen molar-refractivity contribution in [3.63, 3.8) is 0 Å². The van der Waals surface area contributed by atoms with Gasteiger partial charge in [-0.2, -0.15) is 5.10 Å². The van der Waals surface area contributed by atoms with Crippen LogP contribution in [-0.4, -0.2) is 51.8 Å². The van der Waals surface area contributed by atoms with Crippen molar-refractivity contribution in [2.24, 2.45) is 0 Å². The molecular weight excluding hydrogens is 296 g/mol. The Labute approximate surface area is 136 Å². The van der Waals surface area contributed by atoms with Crippen molar-refractivity contribution in [3.8, 4) is 0 Å². The number of H-pyrrole nitrogens is 1. The Morgan fingerprint density at radius 1 is 1.39 bits per heavy atom. The van der Waals surface area contributed by atoms with Crippen molar-refractivity contribution in [2.75, 3.05) is 13.1 Å². The molecule has 1 aromatic heterocycles. The second-order valence-electron chi connectivity index (χ2n) is 6.84. The number of aromatic amines is 1. The highest BCUT2D eigenvalue weighted by Crippen LogP contribution is 2.15. The number of rotatable bonds is 3. The van der Waals surface area contributed by atoms with Crippen LogP contribution in [-0.2, 0) is 11.2 Å². The maximum atomic E-state index is 12.4. The molecule has 23 heavy (non-hydrogen) atoms. The number of carbonyl (C=O) groups is 2. The molecular formula is C16H26N4O3. The van der Waals surface area contributed by atoms with Gasteiger partial charge in [-0.15, -0.1) is 0 Å². The SMILES string of the molecule is CCc1cc(C(=O)N2CCC(NC(=O)OC(C)(C)C)CC2)n[nH]1. The van der Waals surface area contributed by atoms with Gasteiger partial charge in [0.2, 0.25) is 0 Å². The summed E-state index contributed by atoms with van der Waals surface area (Å²) in [5.41, 5.74) is 0.910. The molecule has 0 spiro atoms. The van der Waals surface area contributed by atoms with Gasteiger partial charge in [-0.25, -0.2) is 4.79 Å². The average molecular weight is 322 g/mol. The van der Waals surface area contributed by atoms with Crippen LogP contribution < -0.4 is 5.32 Å². The molecule has 0 unspecified atom stereocenters. The van der Waals surface area contributed by atoms with Crippen LogP contribution in [0.4, 0.5) is 4.79 Å². The van der Waals surface area contributed by atoms with E-state index in [2.05, 4.69) is 15.5 Å². The third-order valence-corrected chi connectivity index (χ3v) is 3.73. The highest BCUT2D eigenvalue weighted by Gasteiger charge is 2.27. The standard InChI is InChI=1S/C16H26N4O3/c1-5-11-10-13(19-18-11)14(21)20-8-6-12(7-9-20)17-15(22)23-16(2,3)4/h10,12H,5-9H2,1-4H3,(H,17,22)(H,18,19). The van der Waals surface area contributed by atoms with Crippen LogP contribution in [0.25, 0.3) is 0 Å². The van der Waals surface area contributed by atoms with Crippen molar-refractivity contribution in [1.82, 2.24) is 20.4 Å². The summed E-state index contributed by atoms with van der Waals surface area (Å²) in [5.74, 6) is -0.0586. The Hall–Kier alpha value is -2.05. The quantitative estimate of drug-likeness (QED) is 0.892. The highest BCUT2D eigenvalue weighted by molar-refractivity contribution is 5.92. The van der Waals surface area contributed by atoms with E-state index >= 15 is 0 Å². The molecule has 1 aromatic rings. The molecule has 0 aliphatic carbocycles. The predicted molar refractivity (Wildman–Crippen MR) is 86.3 cm³/mol. The molecule has 7 nitrogen and oxygen atoms in total. The number of ether oxygens (including phenoxy) is 1. The van der Waals surface area contributed by atoms with Crippen LogP contribution in [0.15, 0.2) is 6.07 Å². The Kier molecular flexibility index (Phi) is 5.28. The monoisotopic (exact) mass is 322 g/mol. The summed E-state index contributed by atoms with van der Waals surface area (Å²) in [6, 6.07) is 1.84. The lowest BCUT2D eigenvalue weighted by atomic mass is 10.0. The van der Waals surface area contributed by atoms with E-state index in [1.54, 1.807) is 11.0 Å². The van der Waals surface area contributed by atoms with Crippen LogP contribution in [0.2, 0.25) is 0 Å². The Bertz CT molecular complexity index is 554. The van der Waals surface area contributed by atoms with Gasteiger partial charge in [0.25, 0.3) is 5.91 Å². The summed E-state index contributed by atoms with van der Waals surface area (Å²) >= 11 is 0. The number of aryl methyl sites for hydroxylation is 1. The summed E-state index contributed by atoms with van der Waals surface area (Å²) in [7, 11) is 0. The van der Waals surface area contributed by atoms with Gasteiger partial charge in [0.15, 0.2) is 0 Å². The third kappa shape index (κ3) is 4.97. The van der Waals surface area contributed by atoms with Gasteiger partial charge >= 0.3 is 6.09 Å². The molecule has 0 bridgehead atoms. The molecule has 2 amide bonds. The molecule has 128 valence electrons. The zero-order chi connectivity index (χ0) is 17.0. The van der Waals surface area contributed by atoms with Crippen molar-refractivity contribution in [3.05, 3.63) is 17.5 Å². The highest BCUT2D eigenvalue weighted by atomic mass is 16.6. The summed E-state index contributed by atoms with van der Waals surface area (Å²) in [4.78, 5) is 25.9. The minimum Gasteiger partial charge on any atom is -0.444 e. The van der Waals surface area contributed by atoms with Gasteiger partial charge in [-0.05, 0) is 46.1 Å². The van der Waals surface area contributed by atoms with Crippen molar-refractivity contribution in [1.29, 1.82) is 0 Å². The number of hydrogen-bond donors (Lipinski definition) is 2. The van der Waals surface area contributed by atoms with Gasteiger partial charge in [-0.1, -0.05) is 6.92 Å². The lowest BCUT2D eigenvalue weighted by Gasteiger charge is -2.32. The summed E-state index contributed by atoms with van der Waals surface area (Å²) in [6.07, 6.45) is 1.86. The fourth-order valence-corrected chi connectivity index (χ4v) is 2.52. The molecule has 7 heteroatoms. The van der Waals surface area contributed by atoms with Crippen LogP contribution in [0.1, 0.15) is 56.7 Å². The first-order valence-electron chi connectivity index (χ1n) is 8.11. The molecule has 1 fully saturated rings. The molecule has 1 aliphatic heterocycles. The number of nitrogens with one attached hydrogen (secondary N) is 2. The lowest BCUT2D eigenvalue weighted by Crippen LogP contribution is -2.47. The first kappa shape index (κ1) is 17.3. The number of alkyl carbamates (subject to hydrolysis) is 1. The van der Waals surface area contributed by atoms with Crippen molar-refractivity contribution in [2.45, 2.75) is 58.6 Å². The normalized spacial score (nSPS) is 16.3. The molecule has 0 saturated carbocycles. The molecule has 2 rings (SSSR count). The van der Waals surface area contributed by atoms with Gasteiger partial charge in [0, 0.05) is 24.8 Å². The van der Waals surface area contributed by atoms with Crippen LogP contribution in [0.3, 0.4) is 0 Å². The predicted octanol–water partition coefficient (Wildman–Crippen LogP) is 2.10. The van der Waals surface area contributed by atoms with Crippen molar-refractivity contribution >= 4 is 12.0 Å². The van der Waals surface area contributed by atoms with Crippen LogP contribution in [0.5, 0.6) is 0 Å². The topological polar surface area (TPSA) is 87.3 Å². The number of likely N-dealkylation sites (tertiary alicyclic amines) is 1.